The molecule has 1 N–H and O–H groups in total. The van der Waals surface area contributed by atoms with Gasteiger partial charge < -0.3 is 19.5 Å². The van der Waals surface area contributed by atoms with Gasteiger partial charge in [0.25, 0.3) is 0 Å². The highest BCUT2D eigenvalue weighted by Gasteiger charge is 2.19. The van der Waals surface area contributed by atoms with Crippen LogP contribution in [0.3, 0.4) is 0 Å². The zero-order chi connectivity index (χ0) is 18.4. The molecule has 0 aromatic heterocycles. The molecule has 1 atom stereocenters. The summed E-state index contributed by atoms with van der Waals surface area (Å²) in [6.07, 6.45) is -0.483. The number of hydrogen-bond donors (Lipinski definition) is 1. The van der Waals surface area contributed by atoms with Crippen molar-refractivity contribution in [1.82, 2.24) is 4.90 Å². The molecule has 1 heterocycles. The molecular weight excluding hydrogens is 328 g/mol. The Kier molecular flexibility index (Phi) is 6.36. The molecule has 2 aromatic carbocycles. The molecule has 0 spiro atoms. The molecule has 1 saturated heterocycles. The molecule has 1 aliphatic heterocycles. The number of ether oxygens (including phenoxy) is 2. The summed E-state index contributed by atoms with van der Waals surface area (Å²) >= 11 is 0. The molecule has 1 fully saturated rings. The minimum atomic E-state index is -0.483. The van der Waals surface area contributed by atoms with E-state index in [9.17, 15) is 5.11 Å². The summed E-state index contributed by atoms with van der Waals surface area (Å²) in [7, 11) is 1.68. The standard InChI is InChI=1S/C21H28N2O3/c1-17-4-3-5-21(14-17)26-16-19(24)15-22-10-12-23(13-11-22)18-6-8-20(25-2)9-7-18/h3-9,14,19,24H,10-13,15-16H2,1-2H3. The van der Waals surface area contributed by atoms with Crippen LogP contribution in [0.2, 0.25) is 0 Å². The van der Waals surface area contributed by atoms with Crippen molar-refractivity contribution in [1.29, 1.82) is 0 Å². The predicted molar refractivity (Wildman–Crippen MR) is 104 cm³/mol. The highest BCUT2D eigenvalue weighted by atomic mass is 16.5. The van der Waals surface area contributed by atoms with Crippen LogP contribution in [0, 0.1) is 6.92 Å². The average molecular weight is 356 g/mol. The maximum Gasteiger partial charge on any atom is 0.119 e. The van der Waals surface area contributed by atoms with E-state index in [4.69, 9.17) is 9.47 Å². The quantitative estimate of drug-likeness (QED) is 0.826. The summed E-state index contributed by atoms with van der Waals surface area (Å²) in [5.41, 5.74) is 2.38. The third-order valence-corrected chi connectivity index (χ3v) is 4.71. The van der Waals surface area contributed by atoms with Gasteiger partial charge in [0.2, 0.25) is 0 Å². The van der Waals surface area contributed by atoms with Crippen LogP contribution < -0.4 is 14.4 Å². The number of methoxy groups -OCH3 is 1. The van der Waals surface area contributed by atoms with E-state index in [1.54, 1.807) is 7.11 Å². The zero-order valence-electron chi connectivity index (χ0n) is 15.6. The number of aliphatic hydroxyl groups is 1. The second-order valence-corrected chi connectivity index (χ2v) is 6.77. The Morgan fingerprint density at radius 3 is 2.38 bits per heavy atom. The number of aliphatic hydroxyl groups excluding tert-OH is 1. The smallest absolute Gasteiger partial charge is 0.119 e. The predicted octanol–water partition coefficient (Wildman–Crippen LogP) is 2.57. The molecule has 5 nitrogen and oxygen atoms in total. The fraction of sp³-hybridized carbons (Fsp3) is 0.429. The first-order valence-corrected chi connectivity index (χ1v) is 9.13. The van der Waals surface area contributed by atoms with Gasteiger partial charge in [-0.3, -0.25) is 4.90 Å². The molecule has 3 rings (SSSR count). The molecule has 2 aromatic rings. The van der Waals surface area contributed by atoms with Crippen molar-refractivity contribution in [3.63, 3.8) is 0 Å². The number of rotatable bonds is 7. The maximum atomic E-state index is 10.3. The maximum absolute atomic E-state index is 10.3. The highest BCUT2D eigenvalue weighted by molar-refractivity contribution is 5.49. The van der Waals surface area contributed by atoms with E-state index in [-0.39, 0.29) is 0 Å². The summed E-state index contributed by atoms with van der Waals surface area (Å²) < 4.78 is 10.9. The van der Waals surface area contributed by atoms with Gasteiger partial charge in [-0.25, -0.2) is 0 Å². The van der Waals surface area contributed by atoms with Crippen LogP contribution in [-0.2, 0) is 0 Å². The summed E-state index contributed by atoms with van der Waals surface area (Å²) in [6.45, 7) is 6.78. The lowest BCUT2D eigenvalue weighted by atomic mass is 10.2. The van der Waals surface area contributed by atoms with E-state index in [0.29, 0.717) is 13.2 Å². The lowest BCUT2D eigenvalue weighted by Crippen LogP contribution is -2.49. The van der Waals surface area contributed by atoms with Crippen molar-refractivity contribution in [3.8, 4) is 11.5 Å². The fourth-order valence-corrected chi connectivity index (χ4v) is 3.23. The first-order valence-electron chi connectivity index (χ1n) is 9.13. The van der Waals surface area contributed by atoms with Crippen LogP contribution in [0.25, 0.3) is 0 Å². The van der Waals surface area contributed by atoms with Crippen LogP contribution in [-0.4, -0.2) is 62.6 Å². The van der Waals surface area contributed by atoms with Crippen LogP contribution in [0.1, 0.15) is 5.56 Å². The second kappa shape index (κ2) is 8.92. The van der Waals surface area contributed by atoms with E-state index in [2.05, 4.69) is 21.9 Å². The van der Waals surface area contributed by atoms with E-state index in [0.717, 1.165) is 43.2 Å². The zero-order valence-corrected chi connectivity index (χ0v) is 15.6. The van der Waals surface area contributed by atoms with E-state index < -0.39 is 6.10 Å². The molecule has 140 valence electrons. The normalized spacial score (nSPS) is 16.3. The number of anilines is 1. The topological polar surface area (TPSA) is 45.2 Å². The molecule has 0 radical (unpaired) electrons. The summed E-state index contributed by atoms with van der Waals surface area (Å²) in [6, 6.07) is 16.1. The Bertz CT molecular complexity index is 682. The van der Waals surface area contributed by atoms with Gasteiger partial charge >= 0.3 is 0 Å². The van der Waals surface area contributed by atoms with Crippen LogP contribution in [0.4, 0.5) is 5.69 Å². The monoisotopic (exact) mass is 356 g/mol. The highest BCUT2D eigenvalue weighted by Crippen LogP contribution is 2.20. The van der Waals surface area contributed by atoms with E-state index in [1.807, 2.05) is 43.3 Å². The molecule has 26 heavy (non-hydrogen) atoms. The lowest BCUT2D eigenvalue weighted by molar-refractivity contribution is 0.0663. The third kappa shape index (κ3) is 5.13. The van der Waals surface area contributed by atoms with Crippen molar-refractivity contribution < 1.29 is 14.6 Å². The minimum Gasteiger partial charge on any atom is -0.497 e. The Morgan fingerprint density at radius 1 is 1.00 bits per heavy atom. The van der Waals surface area contributed by atoms with Gasteiger partial charge in [-0.1, -0.05) is 12.1 Å². The number of hydrogen-bond acceptors (Lipinski definition) is 5. The van der Waals surface area contributed by atoms with Gasteiger partial charge in [-0.15, -0.1) is 0 Å². The average Bonchev–Trinajstić information content (AvgIpc) is 2.67. The second-order valence-electron chi connectivity index (χ2n) is 6.77. The molecule has 1 unspecified atom stereocenters. The first-order chi connectivity index (χ1) is 12.6. The van der Waals surface area contributed by atoms with Crippen molar-refractivity contribution in [2.45, 2.75) is 13.0 Å². The summed E-state index contributed by atoms with van der Waals surface area (Å²) in [4.78, 5) is 4.66. The van der Waals surface area contributed by atoms with E-state index >= 15 is 0 Å². The third-order valence-electron chi connectivity index (χ3n) is 4.71. The first kappa shape index (κ1) is 18.5. The molecule has 0 aliphatic carbocycles. The summed E-state index contributed by atoms with van der Waals surface area (Å²) in [5, 5.41) is 10.3. The molecular formula is C21H28N2O3. The van der Waals surface area contributed by atoms with Gasteiger partial charge in [-0.05, 0) is 48.9 Å². The van der Waals surface area contributed by atoms with Gasteiger partial charge in [0, 0.05) is 38.4 Å². The lowest BCUT2D eigenvalue weighted by Gasteiger charge is -2.36. The fourth-order valence-electron chi connectivity index (χ4n) is 3.23. The van der Waals surface area contributed by atoms with Gasteiger partial charge in [-0.2, -0.15) is 0 Å². The number of β-amino-alcohol motifs (C(OH)–C–C–N with tert-alkyl or cyclic N) is 1. The van der Waals surface area contributed by atoms with Crippen LogP contribution >= 0.6 is 0 Å². The van der Waals surface area contributed by atoms with Gasteiger partial charge in [0.15, 0.2) is 0 Å². The van der Waals surface area contributed by atoms with Gasteiger partial charge in [0.05, 0.1) is 7.11 Å². The Morgan fingerprint density at radius 2 is 1.73 bits per heavy atom. The molecule has 0 amide bonds. The number of aryl methyl sites for hydroxylation is 1. The molecule has 5 heteroatoms. The van der Waals surface area contributed by atoms with Crippen molar-refractivity contribution in [2.75, 3.05) is 51.3 Å². The largest absolute Gasteiger partial charge is 0.497 e. The van der Waals surface area contributed by atoms with Gasteiger partial charge in [0.1, 0.15) is 24.2 Å². The van der Waals surface area contributed by atoms with E-state index in [1.165, 1.54) is 5.69 Å². The number of piperazine rings is 1. The Balaban J connectivity index is 1.41. The molecule has 1 aliphatic rings. The van der Waals surface area contributed by atoms with Crippen molar-refractivity contribution in [2.24, 2.45) is 0 Å². The molecule has 0 bridgehead atoms. The minimum absolute atomic E-state index is 0.322. The number of nitrogens with zero attached hydrogens (tertiary/aromatic N) is 2. The summed E-state index contributed by atoms with van der Waals surface area (Å²) in [5.74, 6) is 1.69. The SMILES string of the molecule is COc1ccc(N2CCN(CC(O)COc3cccc(C)c3)CC2)cc1. The van der Waals surface area contributed by atoms with Crippen LogP contribution in [0.15, 0.2) is 48.5 Å². The molecule has 0 saturated carbocycles. The van der Waals surface area contributed by atoms with Crippen molar-refractivity contribution >= 4 is 5.69 Å². The number of benzene rings is 2. The van der Waals surface area contributed by atoms with Crippen LogP contribution in [0.5, 0.6) is 11.5 Å². The Labute approximate surface area is 155 Å². The Hall–Kier alpha value is -2.24. The van der Waals surface area contributed by atoms with Crippen molar-refractivity contribution in [3.05, 3.63) is 54.1 Å².